The normalized spacial score (nSPS) is 11.4. The summed E-state index contributed by atoms with van der Waals surface area (Å²) in [4.78, 5) is 16.1. The number of hydrogen-bond donors (Lipinski definition) is 3. The van der Waals surface area contributed by atoms with Gasteiger partial charge in [-0.25, -0.2) is 12.8 Å². The third-order valence-electron chi connectivity index (χ3n) is 4.24. The Morgan fingerprint density at radius 1 is 1.03 bits per heavy atom. The van der Waals surface area contributed by atoms with Gasteiger partial charge < -0.3 is 16.0 Å². The number of benzene rings is 2. The predicted molar refractivity (Wildman–Crippen MR) is 132 cm³/mol. The third kappa shape index (κ3) is 9.21. The predicted octanol–water partition coefficient (Wildman–Crippen LogP) is 2.60. The summed E-state index contributed by atoms with van der Waals surface area (Å²) in [5.41, 5.74) is 2.55. The van der Waals surface area contributed by atoms with Gasteiger partial charge in [0.2, 0.25) is 0 Å². The lowest BCUT2D eigenvalue weighted by Gasteiger charge is -2.15. The van der Waals surface area contributed by atoms with E-state index in [1.165, 1.54) is 18.2 Å². The van der Waals surface area contributed by atoms with E-state index in [0.717, 1.165) is 11.8 Å². The quantitative estimate of drug-likeness (QED) is 0.261. The zero-order chi connectivity index (χ0) is 22.1. The molecule has 0 saturated carbocycles. The molecule has 0 bridgehead atoms. The number of amides is 1. The van der Waals surface area contributed by atoms with Crippen molar-refractivity contribution >= 4 is 45.7 Å². The standard InChI is InChI=1S/C21H27FN4O3S.HI/c1-4-24-20(27)16-7-5-6-15(10-16)12-25-21(23-2)26-13-18-11-19(22)9-8-17(18)14-30(3,28)29;/h5-11H,4,12-14H2,1-3H3,(H,24,27)(H2,23,25,26);1H. The maximum atomic E-state index is 13.7. The van der Waals surface area contributed by atoms with Gasteiger partial charge >= 0.3 is 0 Å². The second-order valence-electron chi connectivity index (χ2n) is 6.82. The number of carbonyl (C=O) groups excluding carboxylic acids is 1. The van der Waals surface area contributed by atoms with Gasteiger partial charge in [0.25, 0.3) is 5.91 Å². The van der Waals surface area contributed by atoms with Gasteiger partial charge in [-0.3, -0.25) is 9.79 Å². The van der Waals surface area contributed by atoms with E-state index < -0.39 is 15.7 Å². The van der Waals surface area contributed by atoms with E-state index in [9.17, 15) is 17.6 Å². The summed E-state index contributed by atoms with van der Waals surface area (Å²) in [6.07, 6.45) is 1.14. The van der Waals surface area contributed by atoms with E-state index in [1.54, 1.807) is 19.2 Å². The van der Waals surface area contributed by atoms with Gasteiger partial charge in [0.05, 0.1) is 5.75 Å². The van der Waals surface area contributed by atoms with E-state index in [1.807, 2.05) is 19.1 Å². The van der Waals surface area contributed by atoms with Crippen LogP contribution in [-0.2, 0) is 28.7 Å². The first kappa shape index (κ1) is 26.8. The monoisotopic (exact) mass is 562 g/mol. The Bertz CT molecular complexity index is 1030. The smallest absolute Gasteiger partial charge is 0.251 e. The topological polar surface area (TPSA) is 99.7 Å². The van der Waals surface area contributed by atoms with Gasteiger partial charge in [0.15, 0.2) is 15.8 Å². The van der Waals surface area contributed by atoms with Crippen LogP contribution in [0.1, 0.15) is 34.0 Å². The highest BCUT2D eigenvalue weighted by Gasteiger charge is 2.11. The summed E-state index contributed by atoms with van der Waals surface area (Å²) in [7, 11) is -1.65. The van der Waals surface area contributed by atoms with Crippen molar-refractivity contribution in [1.29, 1.82) is 0 Å². The lowest BCUT2D eigenvalue weighted by Crippen LogP contribution is -2.36. The van der Waals surface area contributed by atoms with Crippen molar-refractivity contribution < 1.29 is 17.6 Å². The molecule has 0 aliphatic carbocycles. The average molecular weight is 562 g/mol. The summed E-state index contributed by atoms with van der Waals surface area (Å²) < 4.78 is 36.9. The van der Waals surface area contributed by atoms with Gasteiger partial charge in [-0.1, -0.05) is 18.2 Å². The summed E-state index contributed by atoms with van der Waals surface area (Å²) in [6, 6.07) is 11.3. The average Bonchev–Trinajstić information content (AvgIpc) is 2.69. The second kappa shape index (κ2) is 12.6. The lowest BCUT2D eigenvalue weighted by molar-refractivity contribution is 0.0955. The molecule has 0 spiro atoms. The van der Waals surface area contributed by atoms with Gasteiger partial charge in [0, 0.05) is 38.5 Å². The van der Waals surface area contributed by atoms with Crippen LogP contribution in [0.3, 0.4) is 0 Å². The minimum atomic E-state index is -3.25. The Kier molecular flexibility index (Phi) is 10.9. The van der Waals surface area contributed by atoms with E-state index in [-0.39, 0.29) is 42.2 Å². The molecule has 170 valence electrons. The minimum Gasteiger partial charge on any atom is -0.352 e. The first-order valence-corrected chi connectivity index (χ1v) is 11.5. The summed E-state index contributed by atoms with van der Waals surface area (Å²) in [6.45, 7) is 3.05. The Balaban J connectivity index is 0.00000480. The van der Waals surface area contributed by atoms with Crippen LogP contribution in [-0.4, -0.2) is 40.1 Å². The zero-order valence-electron chi connectivity index (χ0n) is 17.7. The molecule has 3 N–H and O–H groups in total. The number of sulfone groups is 1. The van der Waals surface area contributed by atoms with Crippen LogP contribution < -0.4 is 16.0 Å². The van der Waals surface area contributed by atoms with E-state index in [2.05, 4.69) is 20.9 Å². The first-order valence-electron chi connectivity index (χ1n) is 9.48. The molecule has 0 aliphatic heterocycles. The highest BCUT2D eigenvalue weighted by Crippen LogP contribution is 2.14. The Morgan fingerprint density at radius 2 is 1.74 bits per heavy atom. The number of rotatable bonds is 8. The molecule has 0 saturated heterocycles. The molecule has 2 aromatic carbocycles. The summed E-state index contributed by atoms with van der Waals surface area (Å²) in [5.74, 6) is -0.267. The fraction of sp³-hybridized carbons (Fsp3) is 0.333. The molecule has 0 aliphatic rings. The molecule has 10 heteroatoms. The van der Waals surface area contributed by atoms with Crippen molar-refractivity contribution in [3.63, 3.8) is 0 Å². The van der Waals surface area contributed by atoms with Crippen LogP contribution in [0.4, 0.5) is 4.39 Å². The number of halogens is 2. The molecule has 0 heterocycles. The summed E-state index contributed by atoms with van der Waals surface area (Å²) in [5, 5.41) is 8.96. The molecule has 0 radical (unpaired) electrons. The van der Waals surface area contributed by atoms with Crippen LogP contribution >= 0.6 is 24.0 Å². The highest BCUT2D eigenvalue weighted by atomic mass is 127. The Labute approximate surface area is 199 Å². The molecule has 2 aromatic rings. The molecule has 0 atom stereocenters. The van der Waals surface area contributed by atoms with Crippen LogP contribution in [0.15, 0.2) is 47.5 Å². The van der Waals surface area contributed by atoms with Crippen molar-refractivity contribution in [3.8, 4) is 0 Å². The molecule has 7 nitrogen and oxygen atoms in total. The minimum absolute atomic E-state index is 0. The molecule has 1 amide bonds. The van der Waals surface area contributed by atoms with Gasteiger partial charge in [0.1, 0.15) is 5.82 Å². The van der Waals surface area contributed by atoms with E-state index in [4.69, 9.17) is 0 Å². The maximum Gasteiger partial charge on any atom is 0.251 e. The van der Waals surface area contributed by atoms with Crippen molar-refractivity contribution in [2.24, 2.45) is 4.99 Å². The number of nitrogens with zero attached hydrogens (tertiary/aromatic N) is 1. The fourth-order valence-electron chi connectivity index (χ4n) is 2.85. The van der Waals surface area contributed by atoms with Crippen LogP contribution in [0, 0.1) is 5.82 Å². The largest absolute Gasteiger partial charge is 0.352 e. The van der Waals surface area contributed by atoms with Gasteiger partial charge in [-0.15, -0.1) is 24.0 Å². The number of aliphatic imine (C=N–C) groups is 1. The third-order valence-corrected chi connectivity index (χ3v) is 5.08. The van der Waals surface area contributed by atoms with Crippen LogP contribution in [0.2, 0.25) is 0 Å². The molecule has 2 rings (SSSR count). The number of hydrogen-bond acceptors (Lipinski definition) is 4. The van der Waals surface area contributed by atoms with Gasteiger partial charge in [-0.05, 0) is 47.9 Å². The fourth-order valence-corrected chi connectivity index (χ4v) is 3.70. The van der Waals surface area contributed by atoms with Crippen molar-refractivity contribution in [3.05, 3.63) is 70.5 Å². The molecular weight excluding hydrogens is 534 g/mol. The van der Waals surface area contributed by atoms with Crippen LogP contribution in [0.5, 0.6) is 0 Å². The molecule has 0 aromatic heterocycles. The summed E-state index contributed by atoms with van der Waals surface area (Å²) >= 11 is 0. The first-order chi connectivity index (χ1) is 14.2. The number of carbonyl (C=O) groups is 1. The van der Waals surface area contributed by atoms with Gasteiger partial charge in [-0.2, -0.15) is 0 Å². The number of nitrogens with one attached hydrogen (secondary N) is 3. The molecule has 0 unspecified atom stereocenters. The molecule has 31 heavy (non-hydrogen) atoms. The Morgan fingerprint density at radius 3 is 2.39 bits per heavy atom. The van der Waals surface area contributed by atoms with Crippen LogP contribution in [0.25, 0.3) is 0 Å². The van der Waals surface area contributed by atoms with E-state index in [0.29, 0.717) is 35.7 Å². The lowest BCUT2D eigenvalue weighted by atomic mass is 10.1. The van der Waals surface area contributed by atoms with Crippen molar-refractivity contribution in [2.75, 3.05) is 19.8 Å². The Hall–Kier alpha value is -2.21. The maximum absolute atomic E-state index is 13.7. The molecule has 0 fully saturated rings. The van der Waals surface area contributed by atoms with Crippen molar-refractivity contribution in [2.45, 2.75) is 25.8 Å². The van der Waals surface area contributed by atoms with E-state index >= 15 is 0 Å². The van der Waals surface area contributed by atoms with Crippen molar-refractivity contribution in [1.82, 2.24) is 16.0 Å². The number of guanidine groups is 1. The highest BCUT2D eigenvalue weighted by molar-refractivity contribution is 14.0. The molecular formula is C21H28FIN4O3S. The zero-order valence-corrected chi connectivity index (χ0v) is 20.9. The second-order valence-corrected chi connectivity index (χ2v) is 8.96. The SMILES string of the molecule is CCNC(=O)c1cccc(CNC(=NC)NCc2cc(F)ccc2CS(C)(=O)=O)c1.I.